The van der Waals surface area contributed by atoms with Crippen LogP contribution in [0.15, 0.2) is 162 Å². The SMILES string of the molecule is c1ccc(-c2ccc(-c3cc4ccc5cc(-c6cccc7c6oc6ccccc67)cc6ccc(c3)c4c56)c3ccccc23)cc1. The van der Waals surface area contributed by atoms with Gasteiger partial charge in [-0.1, -0.05) is 127 Å². The molecule has 0 N–H and O–H groups in total. The fourth-order valence-electron chi connectivity index (χ4n) is 7.54. The Labute approximate surface area is 259 Å². The minimum absolute atomic E-state index is 0.927. The molecule has 9 aromatic carbocycles. The monoisotopic (exact) mass is 570 g/mol. The maximum atomic E-state index is 6.41. The highest BCUT2D eigenvalue weighted by atomic mass is 16.3. The lowest BCUT2D eigenvalue weighted by atomic mass is 9.87. The number of hydrogen-bond donors (Lipinski definition) is 0. The van der Waals surface area contributed by atoms with Gasteiger partial charge in [0.15, 0.2) is 0 Å². The van der Waals surface area contributed by atoms with Gasteiger partial charge < -0.3 is 4.42 Å². The molecule has 10 rings (SSSR count). The standard InChI is InChI=1S/C44H26O/c1-2-9-27(10-3-1)34-21-22-35(38-12-5-4-11-37(34)38)32-23-28-17-19-30-25-33(26-31-20-18-29(24-32)42(28)43(30)31)36-14-8-15-40-39-13-6-7-16-41(39)45-44(36)40/h1-26H. The molecule has 45 heavy (non-hydrogen) atoms. The van der Waals surface area contributed by atoms with E-state index in [0.717, 1.165) is 27.5 Å². The summed E-state index contributed by atoms with van der Waals surface area (Å²) in [6.07, 6.45) is 0. The van der Waals surface area contributed by atoms with Gasteiger partial charge in [0.2, 0.25) is 0 Å². The van der Waals surface area contributed by atoms with E-state index in [1.807, 2.05) is 12.1 Å². The van der Waals surface area contributed by atoms with Crippen LogP contribution in [0.5, 0.6) is 0 Å². The van der Waals surface area contributed by atoms with Crippen molar-refractivity contribution >= 4 is 65.0 Å². The molecule has 1 aromatic heterocycles. The quantitative estimate of drug-likeness (QED) is 0.193. The Balaban J connectivity index is 1.16. The van der Waals surface area contributed by atoms with Crippen LogP contribution in [-0.2, 0) is 0 Å². The molecule has 1 nitrogen and oxygen atoms in total. The highest BCUT2D eigenvalue weighted by Gasteiger charge is 2.16. The van der Waals surface area contributed by atoms with Crippen molar-refractivity contribution in [3.8, 4) is 33.4 Å². The first-order chi connectivity index (χ1) is 22.3. The third kappa shape index (κ3) is 3.62. The molecule has 0 atom stereocenters. The van der Waals surface area contributed by atoms with E-state index in [0.29, 0.717) is 0 Å². The molecular formula is C44H26O. The van der Waals surface area contributed by atoms with Crippen molar-refractivity contribution in [2.24, 2.45) is 0 Å². The molecule has 0 fully saturated rings. The lowest BCUT2D eigenvalue weighted by Gasteiger charge is -2.16. The summed E-state index contributed by atoms with van der Waals surface area (Å²) in [5.74, 6) is 0. The van der Waals surface area contributed by atoms with Gasteiger partial charge >= 0.3 is 0 Å². The second kappa shape index (κ2) is 9.29. The number of furan rings is 1. The van der Waals surface area contributed by atoms with Crippen LogP contribution in [0.4, 0.5) is 0 Å². The Morgan fingerprint density at radius 1 is 0.311 bits per heavy atom. The third-order valence-corrected chi connectivity index (χ3v) is 9.57. The number of para-hydroxylation sites is 2. The van der Waals surface area contributed by atoms with Crippen LogP contribution >= 0.6 is 0 Å². The summed E-state index contributed by atoms with van der Waals surface area (Å²) < 4.78 is 6.41. The Bertz CT molecular complexity index is 2680. The van der Waals surface area contributed by atoms with Crippen LogP contribution in [0.2, 0.25) is 0 Å². The maximum Gasteiger partial charge on any atom is 0.143 e. The number of hydrogen-bond acceptors (Lipinski definition) is 1. The van der Waals surface area contributed by atoms with Crippen molar-refractivity contribution in [1.82, 2.24) is 0 Å². The first-order valence-corrected chi connectivity index (χ1v) is 15.5. The molecule has 0 spiro atoms. The Morgan fingerprint density at radius 2 is 0.800 bits per heavy atom. The lowest BCUT2D eigenvalue weighted by molar-refractivity contribution is 0.670. The number of fused-ring (bicyclic) bond motifs is 4. The highest BCUT2D eigenvalue weighted by molar-refractivity contribution is 6.25. The topological polar surface area (TPSA) is 13.1 Å². The van der Waals surface area contributed by atoms with E-state index in [9.17, 15) is 0 Å². The van der Waals surface area contributed by atoms with Gasteiger partial charge in [-0.15, -0.1) is 0 Å². The van der Waals surface area contributed by atoms with Crippen LogP contribution in [0.3, 0.4) is 0 Å². The van der Waals surface area contributed by atoms with Gasteiger partial charge in [0.05, 0.1) is 0 Å². The maximum absolute atomic E-state index is 6.41. The van der Waals surface area contributed by atoms with E-state index in [2.05, 4.69) is 146 Å². The van der Waals surface area contributed by atoms with Crippen LogP contribution in [0.1, 0.15) is 0 Å². The van der Waals surface area contributed by atoms with E-state index >= 15 is 0 Å². The van der Waals surface area contributed by atoms with Crippen LogP contribution in [0.25, 0.3) is 98.4 Å². The molecular weight excluding hydrogens is 544 g/mol. The molecule has 0 aliphatic rings. The summed E-state index contributed by atoms with van der Waals surface area (Å²) >= 11 is 0. The zero-order valence-corrected chi connectivity index (χ0v) is 24.4. The van der Waals surface area contributed by atoms with Crippen molar-refractivity contribution in [2.75, 3.05) is 0 Å². The molecule has 0 aliphatic heterocycles. The minimum Gasteiger partial charge on any atom is -0.455 e. The first-order valence-electron chi connectivity index (χ1n) is 15.5. The average molecular weight is 571 g/mol. The second-order valence-electron chi connectivity index (χ2n) is 12.1. The zero-order chi connectivity index (χ0) is 29.5. The van der Waals surface area contributed by atoms with Gasteiger partial charge in [-0.25, -0.2) is 0 Å². The largest absolute Gasteiger partial charge is 0.455 e. The van der Waals surface area contributed by atoms with Crippen LogP contribution in [-0.4, -0.2) is 0 Å². The van der Waals surface area contributed by atoms with Gasteiger partial charge in [0.25, 0.3) is 0 Å². The first kappa shape index (κ1) is 24.5. The zero-order valence-electron chi connectivity index (χ0n) is 24.4. The summed E-state index contributed by atoms with van der Waals surface area (Å²) in [6, 6.07) is 57.4. The second-order valence-corrected chi connectivity index (χ2v) is 12.1. The van der Waals surface area contributed by atoms with Gasteiger partial charge in [-0.2, -0.15) is 0 Å². The molecule has 1 heterocycles. The minimum atomic E-state index is 0.927. The van der Waals surface area contributed by atoms with Crippen molar-refractivity contribution in [2.45, 2.75) is 0 Å². The van der Waals surface area contributed by atoms with Crippen molar-refractivity contribution in [1.29, 1.82) is 0 Å². The third-order valence-electron chi connectivity index (χ3n) is 9.57. The van der Waals surface area contributed by atoms with Crippen molar-refractivity contribution < 1.29 is 4.42 Å². The molecule has 0 saturated carbocycles. The fourth-order valence-corrected chi connectivity index (χ4v) is 7.54. The molecule has 0 saturated heterocycles. The van der Waals surface area contributed by atoms with Gasteiger partial charge in [0, 0.05) is 16.3 Å². The van der Waals surface area contributed by atoms with E-state index in [1.165, 1.54) is 70.9 Å². The van der Waals surface area contributed by atoms with Gasteiger partial charge in [-0.05, 0) is 101 Å². The number of benzene rings is 9. The fraction of sp³-hybridized carbons (Fsp3) is 0. The average Bonchev–Trinajstić information content (AvgIpc) is 3.49. The van der Waals surface area contributed by atoms with E-state index in [1.54, 1.807) is 0 Å². The molecule has 1 heteroatoms. The Kier molecular flexibility index (Phi) is 5.06. The van der Waals surface area contributed by atoms with Gasteiger partial charge in [0.1, 0.15) is 11.2 Å². The molecule has 0 aliphatic carbocycles. The highest BCUT2D eigenvalue weighted by Crippen LogP contribution is 2.43. The molecule has 0 radical (unpaired) electrons. The smallest absolute Gasteiger partial charge is 0.143 e. The summed E-state index contributed by atoms with van der Waals surface area (Å²) in [7, 11) is 0. The Morgan fingerprint density at radius 3 is 1.42 bits per heavy atom. The summed E-state index contributed by atoms with van der Waals surface area (Å²) in [5.41, 5.74) is 9.19. The van der Waals surface area contributed by atoms with Crippen LogP contribution < -0.4 is 0 Å². The molecule has 0 unspecified atom stereocenters. The number of rotatable bonds is 3. The van der Waals surface area contributed by atoms with Crippen LogP contribution in [0, 0.1) is 0 Å². The normalized spacial score (nSPS) is 12.0. The molecule has 10 aromatic rings. The van der Waals surface area contributed by atoms with Crippen molar-refractivity contribution in [3.05, 3.63) is 158 Å². The molecule has 0 amide bonds. The predicted octanol–water partition coefficient (Wildman–Crippen LogP) is 12.6. The van der Waals surface area contributed by atoms with Gasteiger partial charge in [-0.3, -0.25) is 0 Å². The van der Waals surface area contributed by atoms with E-state index in [-0.39, 0.29) is 0 Å². The molecule has 0 bridgehead atoms. The van der Waals surface area contributed by atoms with E-state index < -0.39 is 0 Å². The predicted molar refractivity (Wildman–Crippen MR) is 191 cm³/mol. The van der Waals surface area contributed by atoms with Crippen molar-refractivity contribution in [3.63, 3.8) is 0 Å². The summed E-state index contributed by atoms with van der Waals surface area (Å²) in [6.45, 7) is 0. The Hall–Kier alpha value is -5.92. The summed E-state index contributed by atoms with van der Waals surface area (Å²) in [4.78, 5) is 0. The van der Waals surface area contributed by atoms with E-state index in [4.69, 9.17) is 4.42 Å². The lowest BCUT2D eigenvalue weighted by Crippen LogP contribution is -1.89. The molecule has 208 valence electrons. The summed E-state index contributed by atoms with van der Waals surface area (Å²) in [5, 5.41) is 12.5.